The second-order valence-electron chi connectivity index (χ2n) is 4.96. The zero-order chi connectivity index (χ0) is 14.2. The monoisotopic (exact) mass is 277 g/mol. The van der Waals surface area contributed by atoms with Crippen LogP contribution in [0.4, 0.5) is 0 Å². The first-order valence-electron chi connectivity index (χ1n) is 7.40. The topological polar surface area (TPSA) is 38.8 Å². The summed E-state index contributed by atoms with van der Waals surface area (Å²) in [5.74, 6) is 0.824. The fourth-order valence-corrected chi connectivity index (χ4v) is 2.57. The van der Waals surface area contributed by atoms with Gasteiger partial charge in [-0.1, -0.05) is 18.2 Å². The van der Waals surface area contributed by atoms with Crippen molar-refractivity contribution >= 4 is 5.97 Å². The van der Waals surface area contributed by atoms with Crippen molar-refractivity contribution in [3.63, 3.8) is 0 Å². The average molecular weight is 277 g/mol. The van der Waals surface area contributed by atoms with Gasteiger partial charge in [-0.05, 0) is 44.9 Å². The number of esters is 1. The summed E-state index contributed by atoms with van der Waals surface area (Å²) in [5, 5.41) is 0. The molecule has 1 aromatic carbocycles. The van der Waals surface area contributed by atoms with Gasteiger partial charge in [0.05, 0.1) is 13.2 Å². The van der Waals surface area contributed by atoms with Crippen LogP contribution in [-0.2, 0) is 9.53 Å². The van der Waals surface area contributed by atoms with E-state index in [9.17, 15) is 4.79 Å². The summed E-state index contributed by atoms with van der Waals surface area (Å²) in [6.45, 7) is 4.85. The number of likely N-dealkylation sites (tertiary alicyclic amines) is 1. The maximum absolute atomic E-state index is 11.8. The van der Waals surface area contributed by atoms with Crippen LogP contribution in [-0.4, -0.2) is 43.2 Å². The molecule has 0 amide bonds. The fraction of sp³-hybridized carbons (Fsp3) is 0.562. The number of hydrogen-bond acceptors (Lipinski definition) is 4. The molecular weight excluding hydrogens is 254 g/mol. The average Bonchev–Trinajstić information content (AvgIpc) is 2.93. The number of ether oxygens (including phenoxy) is 2. The quantitative estimate of drug-likeness (QED) is 0.567. The van der Waals surface area contributed by atoms with Gasteiger partial charge in [0, 0.05) is 6.54 Å². The third-order valence-electron chi connectivity index (χ3n) is 3.52. The molecule has 0 N–H and O–H groups in total. The Morgan fingerprint density at radius 1 is 1.35 bits per heavy atom. The Morgan fingerprint density at radius 3 is 2.90 bits per heavy atom. The van der Waals surface area contributed by atoms with E-state index < -0.39 is 0 Å². The van der Waals surface area contributed by atoms with Gasteiger partial charge in [0.1, 0.15) is 11.8 Å². The van der Waals surface area contributed by atoms with Crippen LogP contribution in [0.5, 0.6) is 5.75 Å². The molecular formula is C16H23NO3. The normalized spacial score (nSPS) is 18.9. The molecule has 1 aliphatic rings. The lowest BCUT2D eigenvalue weighted by Gasteiger charge is -2.22. The molecule has 1 atom stereocenters. The van der Waals surface area contributed by atoms with E-state index in [4.69, 9.17) is 9.47 Å². The van der Waals surface area contributed by atoms with Crippen LogP contribution >= 0.6 is 0 Å². The first kappa shape index (κ1) is 14.9. The lowest BCUT2D eigenvalue weighted by atomic mass is 10.2. The first-order chi connectivity index (χ1) is 9.81. The van der Waals surface area contributed by atoms with Crippen LogP contribution in [0, 0.1) is 0 Å². The summed E-state index contributed by atoms with van der Waals surface area (Å²) in [7, 11) is 0. The number of rotatable bonds is 7. The maximum atomic E-state index is 11.8. The van der Waals surface area contributed by atoms with E-state index in [0.29, 0.717) is 13.2 Å². The molecule has 1 aromatic rings. The Kier molecular flexibility index (Phi) is 5.87. The molecule has 0 aliphatic carbocycles. The Morgan fingerprint density at radius 2 is 2.15 bits per heavy atom. The van der Waals surface area contributed by atoms with E-state index >= 15 is 0 Å². The molecule has 0 saturated carbocycles. The third kappa shape index (κ3) is 4.23. The van der Waals surface area contributed by atoms with E-state index in [2.05, 4.69) is 4.90 Å². The molecule has 0 radical (unpaired) electrons. The van der Waals surface area contributed by atoms with Crippen molar-refractivity contribution in [3.05, 3.63) is 30.3 Å². The lowest BCUT2D eigenvalue weighted by molar-refractivity contribution is -0.148. The van der Waals surface area contributed by atoms with Crippen molar-refractivity contribution in [3.8, 4) is 5.75 Å². The zero-order valence-electron chi connectivity index (χ0n) is 12.1. The Labute approximate surface area is 120 Å². The van der Waals surface area contributed by atoms with Crippen molar-refractivity contribution in [2.75, 3.05) is 26.3 Å². The predicted octanol–water partition coefficient (Wildman–Crippen LogP) is 2.48. The molecule has 1 unspecified atom stereocenters. The highest BCUT2D eigenvalue weighted by Crippen LogP contribution is 2.18. The van der Waals surface area contributed by atoms with Crippen LogP contribution in [0.1, 0.15) is 26.2 Å². The molecule has 1 saturated heterocycles. The van der Waals surface area contributed by atoms with Gasteiger partial charge in [0.15, 0.2) is 0 Å². The molecule has 1 heterocycles. The highest BCUT2D eigenvalue weighted by molar-refractivity contribution is 5.76. The molecule has 2 rings (SSSR count). The van der Waals surface area contributed by atoms with Crippen molar-refractivity contribution in [1.29, 1.82) is 0 Å². The summed E-state index contributed by atoms with van der Waals surface area (Å²) in [4.78, 5) is 14.0. The number of carbonyl (C=O) groups excluding carboxylic acids is 1. The molecule has 110 valence electrons. The number of benzene rings is 1. The van der Waals surface area contributed by atoms with E-state index in [1.807, 2.05) is 37.3 Å². The zero-order valence-corrected chi connectivity index (χ0v) is 12.1. The Balaban J connectivity index is 1.69. The fourth-order valence-electron chi connectivity index (χ4n) is 2.57. The minimum absolute atomic E-state index is 0.0494. The second kappa shape index (κ2) is 7.90. The van der Waals surface area contributed by atoms with Crippen LogP contribution in [0.15, 0.2) is 30.3 Å². The summed E-state index contributed by atoms with van der Waals surface area (Å²) in [5.41, 5.74) is 0. The van der Waals surface area contributed by atoms with Gasteiger partial charge in [0.25, 0.3) is 0 Å². The number of nitrogens with zero attached hydrogens (tertiary/aromatic N) is 1. The highest BCUT2D eigenvalue weighted by Gasteiger charge is 2.31. The molecule has 4 heteroatoms. The van der Waals surface area contributed by atoms with Gasteiger partial charge < -0.3 is 9.47 Å². The van der Waals surface area contributed by atoms with Crippen LogP contribution in [0.2, 0.25) is 0 Å². The van der Waals surface area contributed by atoms with Crippen LogP contribution in [0.3, 0.4) is 0 Å². The van der Waals surface area contributed by atoms with Crippen molar-refractivity contribution in [2.45, 2.75) is 32.2 Å². The van der Waals surface area contributed by atoms with E-state index in [1.54, 1.807) is 0 Å². The summed E-state index contributed by atoms with van der Waals surface area (Å²) in [6.07, 6.45) is 2.91. The number of para-hydroxylation sites is 1. The van der Waals surface area contributed by atoms with Crippen molar-refractivity contribution < 1.29 is 14.3 Å². The summed E-state index contributed by atoms with van der Waals surface area (Å²) < 4.78 is 10.8. The first-order valence-corrected chi connectivity index (χ1v) is 7.40. The smallest absolute Gasteiger partial charge is 0.323 e. The van der Waals surface area contributed by atoms with E-state index in [0.717, 1.165) is 38.1 Å². The van der Waals surface area contributed by atoms with Crippen molar-refractivity contribution in [1.82, 2.24) is 4.90 Å². The predicted molar refractivity (Wildman–Crippen MR) is 77.8 cm³/mol. The number of carbonyl (C=O) groups is 1. The van der Waals surface area contributed by atoms with E-state index in [1.165, 1.54) is 0 Å². The molecule has 1 aliphatic heterocycles. The maximum Gasteiger partial charge on any atom is 0.323 e. The second-order valence-corrected chi connectivity index (χ2v) is 4.96. The molecule has 0 spiro atoms. The molecule has 1 fully saturated rings. The van der Waals surface area contributed by atoms with Crippen molar-refractivity contribution in [2.24, 2.45) is 0 Å². The van der Waals surface area contributed by atoms with Crippen LogP contribution < -0.4 is 4.74 Å². The highest BCUT2D eigenvalue weighted by atomic mass is 16.5. The molecule has 0 aromatic heterocycles. The van der Waals surface area contributed by atoms with Gasteiger partial charge in [-0.2, -0.15) is 0 Å². The Bertz CT molecular complexity index is 407. The standard InChI is InChI=1S/C16H23NO3/c1-2-19-16(18)15-10-6-11-17(15)12-7-13-20-14-8-4-3-5-9-14/h3-5,8-9,15H,2,6-7,10-13H2,1H3. The summed E-state index contributed by atoms with van der Waals surface area (Å²) >= 11 is 0. The third-order valence-corrected chi connectivity index (χ3v) is 3.52. The molecule has 4 nitrogen and oxygen atoms in total. The van der Waals surface area contributed by atoms with Gasteiger partial charge >= 0.3 is 5.97 Å². The van der Waals surface area contributed by atoms with Gasteiger partial charge in [-0.15, -0.1) is 0 Å². The SMILES string of the molecule is CCOC(=O)C1CCCN1CCCOc1ccccc1. The summed E-state index contributed by atoms with van der Waals surface area (Å²) in [6, 6.07) is 9.76. The lowest BCUT2D eigenvalue weighted by Crippen LogP contribution is -2.38. The van der Waals surface area contributed by atoms with Crippen LogP contribution in [0.25, 0.3) is 0 Å². The molecule has 20 heavy (non-hydrogen) atoms. The Hall–Kier alpha value is -1.55. The minimum atomic E-state index is -0.0750. The number of hydrogen-bond donors (Lipinski definition) is 0. The largest absolute Gasteiger partial charge is 0.494 e. The van der Waals surface area contributed by atoms with Gasteiger partial charge in [0.2, 0.25) is 0 Å². The molecule has 0 bridgehead atoms. The van der Waals surface area contributed by atoms with Gasteiger partial charge in [-0.3, -0.25) is 9.69 Å². The van der Waals surface area contributed by atoms with Gasteiger partial charge in [-0.25, -0.2) is 0 Å². The van der Waals surface area contributed by atoms with E-state index in [-0.39, 0.29) is 12.0 Å². The minimum Gasteiger partial charge on any atom is -0.494 e.